The Kier molecular flexibility index (Phi) is 11.2. The molecule has 1 aromatic carbocycles. The van der Waals surface area contributed by atoms with Crippen LogP contribution in [0.2, 0.25) is 19.6 Å². The van der Waals surface area contributed by atoms with E-state index in [0.29, 0.717) is 0 Å². The molecule has 0 fully saturated rings. The molecule has 16 heavy (non-hydrogen) atoms. The molecule has 0 aliphatic heterocycles. The molecule has 0 amide bonds. The van der Waals surface area contributed by atoms with E-state index in [9.17, 15) is 0 Å². The molecule has 0 bridgehead atoms. The second kappa shape index (κ2) is 8.32. The minimum absolute atomic E-state index is 0. The second-order valence-electron chi connectivity index (χ2n) is 4.21. The van der Waals surface area contributed by atoms with Crippen molar-refractivity contribution >= 4 is 43.9 Å². The van der Waals surface area contributed by atoms with Gasteiger partial charge in [-0.05, 0) is 5.19 Å². The summed E-state index contributed by atoms with van der Waals surface area (Å²) in [6.45, 7) is 6.78. The molecule has 90 valence electrons. The maximum atomic E-state index is 7.46. The Labute approximate surface area is 126 Å². The Morgan fingerprint density at radius 1 is 1.12 bits per heavy atom. The fraction of sp³-hybridized carbons (Fsp3) is 0.300. The predicted molar refractivity (Wildman–Crippen MR) is 74.9 cm³/mol. The van der Waals surface area contributed by atoms with Crippen molar-refractivity contribution in [3.8, 4) is 0 Å². The molecule has 0 atom stereocenters. The molecule has 3 N–H and O–H groups in total. The van der Waals surface area contributed by atoms with Gasteiger partial charge >= 0.3 is 0 Å². The van der Waals surface area contributed by atoms with Crippen molar-refractivity contribution in [3.05, 3.63) is 29.8 Å². The van der Waals surface area contributed by atoms with E-state index in [0.717, 1.165) is 5.56 Å². The van der Waals surface area contributed by atoms with Gasteiger partial charge in [0.05, 0.1) is 8.07 Å². The van der Waals surface area contributed by atoms with E-state index in [-0.39, 0.29) is 52.4 Å². The molecule has 0 spiro atoms. The number of nitrogens with one attached hydrogen (secondary N) is 1. The van der Waals surface area contributed by atoms with Gasteiger partial charge < -0.3 is 5.73 Å². The number of halogens is 2. The molecule has 1 aromatic rings. The zero-order valence-electron chi connectivity index (χ0n) is 9.70. The summed E-state index contributed by atoms with van der Waals surface area (Å²) in [6, 6.07) is 7.96. The third kappa shape index (κ3) is 5.51. The first-order chi connectivity index (χ1) is 5.93. The Morgan fingerprint density at radius 3 is 1.88 bits per heavy atom. The second-order valence-corrected chi connectivity index (χ2v) is 9.25. The van der Waals surface area contributed by atoms with Crippen LogP contribution in [-0.2, 0) is 21.7 Å². The molecule has 0 aliphatic rings. The van der Waals surface area contributed by atoms with E-state index in [1.165, 1.54) is 5.19 Å². The van der Waals surface area contributed by atoms with Gasteiger partial charge in [-0.25, -0.2) is 0 Å². The van der Waals surface area contributed by atoms with Crippen LogP contribution in [0.15, 0.2) is 24.3 Å². The Morgan fingerprint density at radius 2 is 1.56 bits per heavy atom. The SMILES string of the molecule is C[Si](C)(C)c1ccccc1C(=N)N.Cl.Cl.[Ti]. The number of nitrogen functional groups attached to an aromatic ring is 1. The number of rotatable bonds is 2. The molecule has 6 heteroatoms. The molecule has 0 aromatic heterocycles. The van der Waals surface area contributed by atoms with Gasteiger partial charge in [-0.3, -0.25) is 5.41 Å². The molecule has 0 saturated carbocycles. The molecule has 0 heterocycles. The van der Waals surface area contributed by atoms with Crippen molar-refractivity contribution in [3.63, 3.8) is 0 Å². The van der Waals surface area contributed by atoms with Crippen molar-refractivity contribution in [2.24, 2.45) is 5.73 Å². The topological polar surface area (TPSA) is 49.9 Å². The summed E-state index contributed by atoms with van der Waals surface area (Å²) in [5.74, 6) is 0.179. The fourth-order valence-corrected chi connectivity index (χ4v) is 2.99. The van der Waals surface area contributed by atoms with Crippen LogP contribution in [0.1, 0.15) is 5.56 Å². The van der Waals surface area contributed by atoms with Crippen LogP contribution in [0.4, 0.5) is 0 Å². The summed E-state index contributed by atoms with van der Waals surface area (Å²) in [5, 5.41) is 8.72. The standard InChI is InChI=1S/C10H16N2Si.2ClH.Ti/c1-13(2,3)9-7-5-4-6-8(9)10(11)12;;;/h4-7H,1-3H3,(H3,11,12);2*1H;. The zero-order chi connectivity index (χ0) is 10.1. The van der Waals surface area contributed by atoms with Crippen LogP contribution >= 0.6 is 24.8 Å². The minimum Gasteiger partial charge on any atom is -0.384 e. The first-order valence-electron chi connectivity index (χ1n) is 4.37. The van der Waals surface area contributed by atoms with Gasteiger partial charge in [0.25, 0.3) is 0 Å². The average molecular weight is 313 g/mol. The molecule has 0 aliphatic carbocycles. The van der Waals surface area contributed by atoms with E-state index in [2.05, 4.69) is 25.7 Å². The van der Waals surface area contributed by atoms with E-state index in [4.69, 9.17) is 11.1 Å². The third-order valence-corrected chi connectivity index (χ3v) is 4.08. The summed E-state index contributed by atoms with van der Waals surface area (Å²) in [6.07, 6.45) is 0. The van der Waals surface area contributed by atoms with Gasteiger partial charge in [0.1, 0.15) is 5.84 Å². The van der Waals surface area contributed by atoms with Crippen LogP contribution in [-0.4, -0.2) is 13.9 Å². The van der Waals surface area contributed by atoms with Crippen molar-refractivity contribution in [1.29, 1.82) is 5.41 Å². The molecule has 0 unspecified atom stereocenters. The fourth-order valence-electron chi connectivity index (χ4n) is 1.37. The molecule has 2 nitrogen and oxygen atoms in total. The first kappa shape index (κ1) is 21.5. The van der Waals surface area contributed by atoms with Gasteiger partial charge in [-0.1, -0.05) is 43.9 Å². The van der Waals surface area contributed by atoms with Gasteiger partial charge in [0.2, 0.25) is 0 Å². The molecule has 1 rings (SSSR count). The number of hydrogen-bond donors (Lipinski definition) is 2. The summed E-state index contributed by atoms with van der Waals surface area (Å²) in [4.78, 5) is 0. The first-order valence-corrected chi connectivity index (χ1v) is 7.87. The molecule has 0 radical (unpaired) electrons. The van der Waals surface area contributed by atoms with Crippen molar-refractivity contribution in [1.82, 2.24) is 0 Å². The maximum absolute atomic E-state index is 7.46. The molecular weight excluding hydrogens is 295 g/mol. The van der Waals surface area contributed by atoms with E-state index in [1.807, 2.05) is 18.2 Å². The summed E-state index contributed by atoms with van der Waals surface area (Å²) >= 11 is 0. The normalized spacial score (nSPS) is 9.19. The van der Waals surface area contributed by atoms with Crippen LogP contribution in [0, 0.1) is 5.41 Å². The van der Waals surface area contributed by atoms with Crippen LogP contribution in [0.5, 0.6) is 0 Å². The van der Waals surface area contributed by atoms with E-state index >= 15 is 0 Å². The zero-order valence-corrected chi connectivity index (χ0v) is 13.9. The van der Waals surface area contributed by atoms with Crippen molar-refractivity contribution < 1.29 is 21.7 Å². The van der Waals surface area contributed by atoms with Crippen LogP contribution < -0.4 is 10.9 Å². The number of benzene rings is 1. The Hall–Kier alpha value is 0.201. The summed E-state index contributed by atoms with van der Waals surface area (Å²) in [7, 11) is -1.36. The maximum Gasteiger partial charge on any atom is 0.122 e. The average Bonchev–Trinajstić information content (AvgIpc) is 2.03. The number of amidine groups is 1. The minimum atomic E-state index is -1.36. The van der Waals surface area contributed by atoms with Crippen molar-refractivity contribution in [2.45, 2.75) is 19.6 Å². The largest absolute Gasteiger partial charge is 0.384 e. The number of nitrogens with two attached hydrogens (primary N) is 1. The van der Waals surface area contributed by atoms with Crippen LogP contribution in [0.3, 0.4) is 0 Å². The smallest absolute Gasteiger partial charge is 0.122 e. The summed E-state index contributed by atoms with van der Waals surface area (Å²) in [5.41, 5.74) is 6.42. The van der Waals surface area contributed by atoms with Gasteiger partial charge in [-0.15, -0.1) is 24.8 Å². The molecule has 0 saturated heterocycles. The van der Waals surface area contributed by atoms with Gasteiger partial charge in [0.15, 0.2) is 0 Å². The van der Waals surface area contributed by atoms with Gasteiger partial charge in [-0.2, -0.15) is 0 Å². The monoisotopic (exact) mass is 312 g/mol. The van der Waals surface area contributed by atoms with Crippen molar-refractivity contribution in [2.75, 3.05) is 0 Å². The van der Waals surface area contributed by atoms with Crippen LogP contribution in [0.25, 0.3) is 0 Å². The summed E-state index contributed by atoms with van der Waals surface area (Å²) < 4.78 is 0. The van der Waals surface area contributed by atoms with Gasteiger partial charge in [0, 0.05) is 27.3 Å². The Balaban J connectivity index is -0.000000563. The quantitative estimate of drug-likeness (QED) is 0.491. The van der Waals surface area contributed by atoms with E-state index in [1.54, 1.807) is 0 Å². The Bertz CT molecular complexity index is 340. The third-order valence-electron chi connectivity index (χ3n) is 2.03. The molecular formula is C10H18Cl2N2SiTi. The predicted octanol–water partition coefficient (Wildman–Crippen LogP) is 2.36. The van der Waals surface area contributed by atoms with E-state index < -0.39 is 8.07 Å². The number of hydrogen-bond acceptors (Lipinski definition) is 1.